The fraction of sp³-hybridized carbons (Fsp3) is 0.133. The highest BCUT2D eigenvalue weighted by atomic mass is 19.1. The number of nitrogens with one attached hydrogen (secondary N) is 1. The van der Waals surface area contributed by atoms with Gasteiger partial charge in [0.15, 0.2) is 6.61 Å². The molecule has 0 saturated carbocycles. The van der Waals surface area contributed by atoms with Crippen LogP contribution in [-0.2, 0) is 4.79 Å². The highest BCUT2D eigenvalue weighted by Crippen LogP contribution is 2.17. The van der Waals surface area contributed by atoms with Gasteiger partial charge in [0, 0.05) is 29.6 Å². The third kappa shape index (κ3) is 4.17. The molecule has 4 nitrogen and oxygen atoms in total. The Hall–Kier alpha value is -2.63. The van der Waals surface area contributed by atoms with Gasteiger partial charge >= 0.3 is 0 Å². The highest BCUT2D eigenvalue weighted by Gasteiger charge is 2.07. The number of carbonyl (C=O) groups is 1. The molecule has 2 aromatic carbocycles. The van der Waals surface area contributed by atoms with Gasteiger partial charge in [0.2, 0.25) is 0 Å². The van der Waals surface area contributed by atoms with E-state index in [1.165, 1.54) is 0 Å². The lowest BCUT2D eigenvalue weighted by Crippen LogP contribution is -2.20. The third-order valence-corrected chi connectivity index (χ3v) is 2.77. The zero-order chi connectivity index (χ0) is 15.4. The Kier molecular flexibility index (Phi) is 4.37. The quantitative estimate of drug-likeness (QED) is 0.852. The predicted molar refractivity (Wildman–Crippen MR) is 76.1 cm³/mol. The minimum atomic E-state index is -0.767. The number of nitrogens with two attached hydrogens (primary N) is 1. The summed E-state index contributed by atoms with van der Waals surface area (Å²) in [6.45, 7) is 1.49. The second-order valence-electron chi connectivity index (χ2n) is 4.51. The highest BCUT2D eigenvalue weighted by molar-refractivity contribution is 5.92. The summed E-state index contributed by atoms with van der Waals surface area (Å²) >= 11 is 0. The number of anilines is 2. The molecule has 0 bridgehead atoms. The molecule has 0 aliphatic heterocycles. The first-order valence-corrected chi connectivity index (χ1v) is 6.19. The minimum Gasteiger partial charge on any atom is -0.484 e. The van der Waals surface area contributed by atoms with E-state index in [2.05, 4.69) is 5.32 Å². The lowest BCUT2D eigenvalue weighted by Gasteiger charge is -2.09. The molecule has 0 unspecified atom stereocenters. The van der Waals surface area contributed by atoms with E-state index in [-0.39, 0.29) is 12.4 Å². The number of amides is 1. The van der Waals surface area contributed by atoms with Crippen LogP contribution in [-0.4, -0.2) is 12.5 Å². The van der Waals surface area contributed by atoms with Gasteiger partial charge in [0.1, 0.15) is 17.4 Å². The number of hydrogen-bond donors (Lipinski definition) is 2. The van der Waals surface area contributed by atoms with E-state index in [0.29, 0.717) is 11.4 Å². The Balaban J connectivity index is 1.94. The Labute approximate surface area is 120 Å². The number of aryl methyl sites for hydroxylation is 1. The van der Waals surface area contributed by atoms with Crippen LogP contribution in [0.1, 0.15) is 5.56 Å². The second kappa shape index (κ2) is 6.21. The first-order chi connectivity index (χ1) is 9.94. The number of halogens is 2. The van der Waals surface area contributed by atoms with Gasteiger partial charge in [-0.25, -0.2) is 8.78 Å². The van der Waals surface area contributed by atoms with Gasteiger partial charge in [-0.1, -0.05) is 6.07 Å². The summed E-state index contributed by atoms with van der Waals surface area (Å²) in [6, 6.07) is 7.82. The maximum absolute atomic E-state index is 12.9. The van der Waals surface area contributed by atoms with Crippen LogP contribution in [0.5, 0.6) is 5.75 Å². The van der Waals surface area contributed by atoms with Crippen LogP contribution in [0.3, 0.4) is 0 Å². The molecule has 1 amide bonds. The van der Waals surface area contributed by atoms with E-state index in [0.717, 1.165) is 23.8 Å². The zero-order valence-corrected chi connectivity index (χ0v) is 11.3. The van der Waals surface area contributed by atoms with Crippen molar-refractivity contribution >= 4 is 17.3 Å². The molecule has 0 aliphatic rings. The first-order valence-electron chi connectivity index (χ1n) is 6.19. The van der Waals surface area contributed by atoms with Crippen LogP contribution in [0.15, 0.2) is 36.4 Å². The SMILES string of the molecule is Cc1ccc(NC(=O)COc2cc(F)cc(F)c2)cc1N. The fourth-order valence-electron chi connectivity index (χ4n) is 1.68. The lowest BCUT2D eigenvalue weighted by molar-refractivity contribution is -0.118. The molecule has 6 heteroatoms. The summed E-state index contributed by atoms with van der Waals surface area (Å²) in [4.78, 5) is 11.7. The minimum absolute atomic E-state index is 0.0499. The van der Waals surface area contributed by atoms with Crippen molar-refractivity contribution in [2.75, 3.05) is 17.7 Å². The van der Waals surface area contributed by atoms with E-state index in [1.807, 2.05) is 6.92 Å². The molecule has 0 heterocycles. The van der Waals surface area contributed by atoms with Crippen molar-refractivity contribution < 1.29 is 18.3 Å². The Morgan fingerprint density at radius 2 is 1.86 bits per heavy atom. The van der Waals surface area contributed by atoms with E-state index < -0.39 is 17.5 Å². The Morgan fingerprint density at radius 1 is 1.19 bits per heavy atom. The molecule has 0 fully saturated rings. The molecule has 110 valence electrons. The van der Waals surface area contributed by atoms with Crippen molar-refractivity contribution in [1.82, 2.24) is 0 Å². The van der Waals surface area contributed by atoms with Crippen molar-refractivity contribution in [2.24, 2.45) is 0 Å². The summed E-state index contributed by atoms with van der Waals surface area (Å²) in [5.41, 5.74) is 7.71. The molecule has 0 radical (unpaired) electrons. The monoisotopic (exact) mass is 292 g/mol. The van der Waals surface area contributed by atoms with Gasteiger partial charge in [0.25, 0.3) is 5.91 Å². The average molecular weight is 292 g/mol. The van der Waals surface area contributed by atoms with E-state index in [1.54, 1.807) is 18.2 Å². The summed E-state index contributed by atoms with van der Waals surface area (Å²) in [7, 11) is 0. The summed E-state index contributed by atoms with van der Waals surface area (Å²) < 4.78 is 30.9. The molecule has 0 aliphatic carbocycles. The van der Waals surface area contributed by atoms with Crippen molar-refractivity contribution in [3.63, 3.8) is 0 Å². The van der Waals surface area contributed by atoms with E-state index in [9.17, 15) is 13.6 Å². The van der Waals surface area contributed by atoms with Gasteiger partial charge in [0.05, 0.1) is 0 Å². The zero-order valence-electron chi connectivity index (χ0n) is 11.3. The normalized spacial score (nSPS) is 10.2. The molecule has 0 atom stereocenters. The molecule has 21 heavy (non-hydrogen) atoms. The number of benzene rings is 2. The van der Waals surface area contributed by atoms with Crippen LogP contribution >= 0.6 is 0 Å². The van der Waals surface area contributed by atoms with Gasteiger partial charge in [-0.2, -0.15) is 0 Å². The smallest absolute Gasteiger partial charge is 0.262 e. The van der Waals surface area contributed by atoms with Crippen LogP contribution in [0.4, 0.5) is 20.2 Å². The predicted octanol–water partition coefficient (Wildman–Crippen LogP) is 2.87. The number of rotatable bonds is 4. The topological polar surface area (TPSA) is 64.3 Å². The number of hydrogen-bond acceptors (Lipinski definition) is 3. The number of nitrogen functional groups attached to an aromatic ring is 1. The van der Waals surface area contributed by atoms with Crippen LogP contribution in [0.25, 0.3) is 0 Å². The summed E-state index contributed by atoms with van der Waals surface area (Å²) in [5, 5.41) is 2.58. The molecule has 0 saturated heterocycles. The maximum Gasteiger partial charge on any atom is 0.262 e. The average Bonchev–Trinajstić information content (AvgIpc) is 2.40. The molecule has 3 N–H and O–H groups in total. The third-order valence-electron chi connectivity index (χ3n) is 2.77. The molecular formula is C15H14F2N2O2. The molecule has 2 rings (SSSR count). The standard InChI is InChI=1S/C15H14F2N2O2/c1-9-2-3-12(7-14(9)18)19-15(20)8-21-13-5-10(16)4-11(17)6-13/h2-7H,8,18H2,1H3,(H,19,20). The Morgan fingerprint density at radius 3 is 2.48 bits per heavy atom. The van der Waals surface area contributed by atoms with Crippen molar-refractivity contribution in [3.8, 4) is 5.75 Å². The van der Waals surface area contributed by atoms with E-state index >= 15 is 0 Å². The van der Waals surface area contributed by atoms with Crippen LogP contribution in [0, 0.1) is 18.6 Å². The van der Waals surface area contributed by atoms with Gasteiger partial charge in [-0.05, 0) is 24.6 Å². The number of carbonyl (C=O) groups excluding carboxylic acids is 1. The number of ether oxygens (including phenoxy) is 1. The largest absolute Gasteiger partial charge is 0.484 e. The van der Waals surface area contributed by atoms with Gasteiger partial charge in [-0.15, -0.1) is 0 Å². The maximum atomic E-state index is 12.9. The van der Waals surface area contributed by atoms with Crippen molar-refractivity contribution in [1.29, 1.82) is 0 Å². The first kappa shape index (κ1) is 14.8. The Bertz CT molecular complexity index is 654. The summed E-state index contributed by atoms with van der Waals surface area (Å²) in [6.07, 6.45) is 0. The molecular weight excluding hydrogens is 278 g/mol. The van der Waals surface area contributed by atoms with Crippen LogP contribution in [0.2, 0.25) is 0 Å². The lowest BCUT2D eigenvalue weighted by atomic mass is 10.2. The van der Waals surface area contributed by atoms with Gasteiger partial charge < -0.3 is 15.8 Å². The second-order valence-corrected chi connectivity index (χ2v) is 4.51. The molecule has 2 aromatic rings. The van der Waals surface area contributed by atoms with E-state index in [4.69, 9.17) is 10.5 Å². The van der Waals surface area contributed by atoms with Crippen molar-refractivity contribution in [2.45, 2.75) is 6.92 Å². The summed E-state index contributed by atoms with van der Waals surface area (Å²) in [5.74, 6) is -2.04. The van der Waals surface area contributed by atoms with Crippen LogP contribution < -0.4 is 15.8 Å². The van der Waals surface area contributed by atoms with Crippen molar-refractivity contribution in [3.05, 3.63) is 53.6 Å². The molecule has 0 spiro atoms. The van der Waals surface area contributed by atoms with Gasteiger partial charge in [-0.3, -0.25) is 4.79 Å². The fourth-order valence-corrected chi connectivity index (χ4v) is 1.68. The molecule has 0 aromatic heterocycles.